The number of carbonyl (C=O) groups excluding carboxylic acids is 2. The average molecular weight is 309 g/mol. The molecule has 0 spiro atoms. The van der Waals surface area contributed by atoms with Gasteiger partial charge < -0.3 is 9.15 Å². The number of furan rings is 1. The maximum Gasteiger partial charge on any atom is 0.276 e. The van der Waals surface area contributed by atoms with E-state index in [1.807, 2.05) is 6.92 Å². The summed E-state index contributed by atoms with van der Waals surface area (Å²) in [5, 5.41) is 0.624. The third-order valence-corrected chi connectivity index (χ3v) is 3.02. The van der Waals surface area contributed by atoms with Gasteiger partial charge in [-0.05, 0) is 36.8 Å². The lowest BCUT2D eigenvalue weighted by molar-refractivity contribution is -0.123. The molecule has 0 unspecified atom stereocenters. The Morgan fingerprint density at radius 1 is 1.29 bits per heavy atom. The molecule has 2 N–H and O–H groups in total. The van der Waals surface area contributed by atoms with Gasteiger partial charge in [-0.3, -0.25) is 20.4 Å². The molecule has 0 saturated carbocycles. The second-order valence-corrected chi connectivity index (χ2v) is 4.62. The van der Waals surface area contributed by atoms with Gasteiger partial charge in [-0.1, -0.05) is 11.6 Å². The van der Waals surface area contributed by atoms with Gasteiger partial charge in [0.2, 0.25) is 0 Å². The van der Waals surface area contributed by atoms with Crippen molar-refractivity contribution in [2.75, 3.05) is 6.61 Å². The van der Waals surface area contributed by atoms with Crippen molar-refractivity contribution in [1.29, 1.82) is 0 Å². The number of rotatable bonds is 4. The minimum Gasteiger partial charge on any atom is -0.484 e. The Kier molecular flexibility index (Phi) is 4.84. The van der Waals surface area contributed by atoms with Crippen molar-refractivity contribution in [3.63, 3.8) is 0 Å². The van der Waals surface area contributed by atoms with E-state index in [2.05, 4.69) is 10.9 Å². The molecule has 0 radical (unpaired) electrons. The van der Waals surface area contributed by atoms with Crippen molar-refractivity contribution in [3.8, 4) is 5.75 Å². The van der Waals surface area contributed by atoms with Crippen LogP contribution in [0.2, 0.25) is 5.02 Å². The molecule has 110 valence electrons. The average Bonchev–Trinajstić information content (AvgIpc) is 3.00. The van der Waals surface area contributed by atoms with E-state index in [-0.39, 0.29) is 6.61 Å². The van der Waals surface area contributed by atoms with Crippen LogP contribution in [0.1, 0.15) is 15.9 Å². The lowest BCUT2D eigenvalue weighted by atomic mass is 10.2. The van der Waals surface area contributed by atoms with Crippen LogP contribution in [-0.4, -0.2) is 18.4 Å². The van der Waals surface area contributed by atoms with Gasteiger partial charge in [-0.25, -0.2) is 0 Å². The van der Waals surface area contributed by atoms with E-state index in [1.165, 1.54) is 18.6 Å². The summed E-state index contributed by atoms with van der Waals surface area (Å²) in [6.45, 7) is 1.60. The van der Waals surface area contributed by atoms with Crippen LogP contribution in [-0.2, 0) is 4.79 Å². The SMILES string of the molecule is Cc1cc(OCC(=O)NNC(=O)c2ccoc2)ccc1Cl. The first-order chi connectivity index (χ1) is 10.1. The van der Waals surface area contributed by atoms with Crippen LogP contribution < -0.4 is 15.6 Å². The number of nitrogens with one attached hydrogen (secondary N) is 2. The predicted octanol–water partition coefficient (Wildman–Crippen LogP) is 2.08. The molecule has 2 rings (SSSR count). The van der Waals surface area contributed by atoms with Crippen molar-refractivity contribution in [2.45, 2.75) is 6.92 Å². The first kappa shape index (κ1) is 14.9. The van der Waals surface area contributed by atoms with Crippen molar-refractivity contribution in [3.05, 3.63) is 52.9 Å². The molecule has 6 nitrogen and oxygen atoms in total. The van der Waals surface area contributed by atoms with Crippen molar-refractivity contribution in [1.82, 2.24) is 10.9 Å². The highest BCUT2D eigenvalue weighted by Gasteiger charge is 2.09. The third-order valence-electron chi connectivity index (χ3n) is 2.60. The number of benzene rings is 1. The second kappa shape index (κ2) is 6.81. The molecule has 0 aliphatic heterocycles. The summed E-state index contributed by atoms with van der Waals surface area (Å²) in [7, 11) is 0. The molecule has 0 aliphatic rings. The van der Waals surface area contributed by atoms with Crippen LogP contribution in [0.15, 0.2) is 41.2 Å². The molecule has 7 heteroatoms. The summed E-state index contributed by atoms with van der Waals surface area (Å²) in [5.74, 6) is -0.438. The minimum atomic E-state index is -0.487. The fourth-order valence-corrected chi connectivity index (χ4v) is 1.60. The van der Waals surface area contributed by atoms with E-state index in [4.69, 9.17) is 20.8 Å². The van der Waals surface area contributed by atoms with Gasteiger partial charge in [-0.2, -0.15) is 0 Å². The first-order valence-electron chi connectivity index (χ1n) is 6.06. The number of hydrogen-bond donors (Lipinski definition) is 2. The number of halogens is 1. The van der Waals surface area contributed by atoms with E-state index >= 15 is 0 Å². The molecular weight excluding hydrogens is 296 g/mol. The maximum atomic E-state index is 11.5. The van der Waals surface area contributed by atoms with Gasteiger partial charge in [0, 0.05) is 5.02 Å². The fraction of sp³-hybridized carbons (Fsp3) is 0.143. The number of aryl methyl sites for hydroxylation is 1. The van der Waals surface area contributed by atoms with E-state index < -0.39 is 11.8 Å². The van der Waals surface area contributed by atoms with Gasteiger partial charge >= 0.3 is 0 Å². The Balaban J connectivity index is 1.77. The van der Waals surface area contributed by atoms with Crippen molar-refractivity contribution < 1.29 is 18.7 Å². The van der Waals surface area contributed by atoms with Gasteiger partial charge in [-0.15, -0.1) is 0 Å². The van der Waals surface area contributed by atoms with Crippen molar-refractivity contribution >= 4 is 23.4 Å². The zero-order valence-electron chi connectivity index (χ0n) is 11.2. The zero-order chi connectivity index (χ0) is 15.2. The molecule has 0 aliphatic carbocycles. The Morgan fingerprint density at radius 3 is 2.76 bits per heavy atom. The van der Waals surface area contributed by atoms with Crippen molar-refractivity contribution in [2.24, 2.45) is 0 Å². The Hall–Kier alpha value is -2.47. The van der Waals surface area contributed by atoms with Crippen LogP contribution in [0, 0.1) is 6.92 Å². The summed E-state index contributed by atoms with van der Waals surface area (Å²) < 4.78 is 10.0. The molecule has 0 bridgehead atoms. The minimum absolute atomic E-state index is 0.229. The van der Waals surface area contributed by atoms with Gasteiger partial charge in [0.1, 0.15) is 12.0 Å². The molecule has 1 heterocycles. The maximum absolute atomic E-state index is 11.5. The molecule has 2 aromatic rings. The Bertz CT molecular complexity index is 640. The smallest absolute Gasteiger partial charge is 0.276 e. The third kappa shape index (κ3) is 4.25. The number of amides is 2. The summed E-state index contributed by atoms with van der Waals surface area (Å²) >= 11 is 5.89. The van der Waals surface area contributed by atoms with Crippen LogP contribution in [0.25, 0.3) is 0 Å². The molecule has 0 saturated heterocycles. The van der Waals surface area contributed by atoms with Crippen LogP contribution in [0.4, 0.5) is 0 Å². The highest BCUT2D eigenvalue weighted by atomic mass is 35.5. The molecule has 1 aromatic heterocycles. The molecular formula is C14H13ClN2O4. The highest BCUT2D eigenvalue weighted by molar-refractivity contribution is 6.31. The van der Waals surface area contributed by atoms with Crippen LogP contribution in [0.3, 0.4) is 0 Å². The predicted molar refractivity (Wildman–Crippen MR) is 76.0 cm³/mol. The fourth-order valence-electron chi connectivity index (χ4n) is 1.48. The van der Waals surface area contributed by atoms with Gasteiger partial charge in [0.05, 0.1) is 11.8 Å². The molecule has 2 amide bonds. The summed E-state index contributed by atoms with van der Waals surface area (Å²) in [6.07, 6.45) is 2.64. The Labute approximate surface area is 126 Å². The van der Waals surface area contributed by atoms with Gasteiger partial charge in [0.15, 0.2) is 6.61 Å². The lowest BCUT2D eigenvalue weighted by Gasteiger charge is -2.09. The monoisotopic (exact) mass is 308 g/mol. The summed E-state index contributed by atoms with van der Waals surface area (Å²) in [4.78, 5) is 23.1. The van der Waals surface area contributed by atoms with E-state index in [0.717, 1.165) is 5.56 Å². The van der Waals surface area contributed by atoms with E-state index in [0.29, 0.717) is 16.3 Å². The number of hydrazine groups is 1. The molecule has 0 atom stereocenters. The first-order valence-corrected chi connectivity index (χ1v) is 6.44. The van der Waals surface area contributed by atoms with E-state index in [1.54, 1.807) is 18.2 Å². The topological polar surface area (TPSA) is 80.6 Å². The number of ether oxygens (including phenoxy) is 1. The Morgan fingerprint density at radius 2 is 2.10 bits per heavy atom. The zero-order valence-corrected chi connectivity index (χ0v) is 11.9. The summed E-state index contributed by atoms with van der Waals surface area (Å²) in [5.41, 5.74) is 5.64. The number of hydrogen-bond acceptors (Lipinski definition) is 4. The molecule has 21 heavy (non-hydrogen) atoms. The molecule has 0 fully saturated rings. The summed E-state index contributed by atoms with van der Waals surface area (Å²) in [6, 6.07) is 6.55. The molecule has 1 aromatic carbocycles. The van der Waals surface area contributed by atoms with Crippen LogP contribution >= 0.6 is 11.6 Å². The normalized spacial score (nSPS) is 10.0. The van der Waals surface area contributed by atoms with Gasteiger partial charge in [0.25, 0.3) is 11.8 Å². The second-order valence-electron chi connectivity index (χ2n) is 4.21. The standard InChI is InChI=1S/C14H13ClN2O4/c1-9-6-11(2-3-12(9)15)21-8-13(18)16-17-14(19)10-4-5-20-7-10/h2-7H,8H2,1H3,(H,16,18)(H,17,19). The lowest BCUT2D eigenvalue weighted by Crippen LogP contribution is -2.43. The highest BCUT2D eigenvalue weighted by Crippen LogP contribution is 2.20. The number of carbonyl (C=O) groups is 2. The van der Waals surface area contributed by atoms with E-state index in [9.17, 15) is 9.59 Å². The van der Waals surface area contributed by atoms with Crippen LogP contribution in [0.5, 0.6) is 5.75 Å². The quantitative estimate of drug-likeness (QED) is 0.847. The largest absolute Gasteiger partial charge is 0.484 e.